The first kappa shape index (κ1) is 13.4. The Labute approximate surface area is 117 Å². The van der Waals surface area contributed by atoms with E-state index in [1.54, 1.807) is 18.3 Å². The van der Waals surface area contributed by atoms with Gasteiger partial charge in [0.05, 0.1) is 24.3 Å². The quantitative estimate of drug-likeness (QED) is 0.843. The van der Waals surface area contributed by atoms with Gasteiger partial charge in [-0.3, -0.25) is 0 Å². The molecular weight excluding hydrogens is 280 g/mol. The van der Waals surface area contributed by atoms with Crippen molar-refractivity contribution in [2.75, 3.05) is 0 Å². The lowest BCUT2D eigenvalue weighted by Gasteiger charge is -2.03. The number of rotatable bonds is 6. The van der Waals surface area contributed by atoms with Crippen LogP contribution >= 0.6 is 0 Å². The molecule has 1 fully saturated rings. The molecule has 1 saturated carbocycles. The van der Waals surface area contributed by atoms with Crippen molar-refractivity contribution in [3.05, 3.63) is 42.1 Å². The summed E-state index contributed by atoms with van der Waals surface area (Å²) in [6.07, 6.45) is 5.15. The molecule has 2 N–H and O–H groups in total. The summed E-state index contributed by atoms with van der Waals surface area (Å²) in [6.45, 7) is -0.0530. The summed E-state index contributed by atoms with van der Waals surface area (Å²) in [5, 5.41) is 9.30. The highest BCUT2D eigenvalue weighted by Gasteiger charge is 2.28. The monoisotopic (exact) mass is 296 g/mol. The van der Waals surface area contributed by atoms with E-state index >= 15 is 0 Å². The Morgan fingerprint density at radius 3 is 2.85 bits per heavy atom. The fourth-order valence-corrected chi connectivity index (χ4v) is 3.17. The van der Waals surface area contributed by atoms with E-state index in [1.807, 2.05) is 4.57 Å². The minimum Gasteiger partial charge on any atom is -0.468 e. The number of hydrogen-bond acceptors (Lipinski definition) is 4. The number of nitrogens with zero attached hydrogens (tertiary/aromatic N) is 1. The maximum absolute atomic E-state index is 12.2. The second-order valence-electron chi connectivity index (χ2n) is 4.87. The van der Waals surface area contributed by atoms with Crippen LogP contribution in [0.25, 0.3) is 0 Å². The molecule has 7 heteroatoms. The summed E-state index contributed by atoms with van der Waals surface area (Å²) < 4.78 is 33.8. The molecule has 1 aliphatic carbocycles. The van der Waals surface area contributed by atoms with Crippen molar-refractivity contribution in [3.63, 3.8) is 0 Å². The average molecular weight is 296 g/mol. The largest absolute Gasteiger partial charge is 0.468 e. The predicted octanol–water partition coefficient (Wildman–Crippen LogP) is 1.39. The van der Waals surface area contributed by atoms with E-state index in [0.29, 0.717) is 17.5 Å². The first-order valence-electron chi connectivity index (χ1n) is 6.44. The molecule has 3 rings (SSSR count). The summed E-state index contributed by atoms with van der Waals surface area (Å²) in [7, 11) is -3.60. The van der Waals surface area contributed by atoms with Crippen LogP contribution in [0.3, 0.4) is 0 Å². The van der Waals surface area contributed by atoms with E-state index in [0.717, 1.165) is 12.8 Å². The van der Waals surface area contributed by atoms with E-state index in [2.05, 4.69) is 4.72 Å². The number of aliphatic hydroxyl groups is 1. The van der Waals surface area contributed by atoms with Crippen LogP contribution in [0.4, 0.5) is 0 Å². The van der Waals surface area contributed by atoms with Gasteiger partial charge in [0, 0.05) is 17.9 Å². The Balaban J connectivity index is 1.79. The smallest absolute Gasteiger partial charge is 0.242 e. The van der Waals surface area contributed by atoms with Gasteiger partial charge in [0.1, 0.15) is 5.76 Å². The Bertz CT molecular complexity index is 684. The third-order valence-corrected chi connectivity index (χ3v) is 4.70. The van der Waals surface area contributed by atoms with E-state index in [4.69, 9.17) is 4.42 Å². The molecule has 0 saturated heterocycles. The summed E-state index contributed by atoms with van der Waals surface area (Å²) in [4.78, 5) is 0.181. The van der Waals surface area contributed by atoms with Crippen LogP contribution in [0, 0.1) is 0 Å². The van der Waals surface area contributed by atoms with Crippen molar-refractivity contribution < 1.29 is 17.9 Å². The Hall–Kier alpha value is -1.57. The maximum Gasteiger partial charge on any atom is 0.242 e. The molecule has 0 radical (unpaired) electrons. The molecular formula is C13H16N2O4S. The molecule has 0 bridgehead atoms. The predicted molar refractivity (Wildman–Crippen MR) is 71.4 cm³/mol. The number of furan rings is 1. The van der Waals surface area contributed by atoms with Crippen molar-refractivity contribution in [3.8, 4) is 0 Å². The molecule has 2 aromatic rings. The van der Waals surface area contributed by atoms with Crippen LogP contribution in [-0.4, -0.2) is 18.1 Å². The van der Waals surface area contributed by atoms with Crippen LogP contribution in [-0.2, 0) is 23.2 Å². The number of hydrogen-bond donors (Lipinski definition) is 2. The zero-order valence-corrected chi connectivity index (χ0v) is 11.6. The Morgan fingerprint density at radius 2 is 2.25 bits per heavy atom. The zero-order chi connectivity index (χ0) is 14.2. The Morgan fingerprint density at radius 1 is 1.45 bits per heavy atom. The van der Waals surface area contributed by atoms with Crippen molar-refractivity contribution >= 4 is 10.0 Å². The van der Waals surface area contributed by atoms with Gasteiger partial charge in [-0.1, -0.05) is 0 Å². The lowest BCUT2D eigenvalue weighted by Crippen LogP contribution is -2.22. The molecule has 2 aromatic heterocycles. The molecule has 20 heavy (non-hydrogen) atoms. The first-order valence-corrected chi connectivity index (χ1v) is 7.92. The fourth-order valence-electron chi connectivity index (χ4n) is 2.13. The van der Waals surface area contributed by atoms with Crippen molar-refractivity contribution in [2.24, 2.45) is 0 Å². The Kier molecular flexibility index (Phi) is 3.41. The summed E-state index contributed by atoms with van der Waals surface area (Å²) >= 11 is 0. The highest BCUT2D eigenvalue weighted by atomic mass is 32.2. The number of nitrogens with one attached hydrogen (secondary N) is 1. The van der Waals surface area contributed by atoms with Gasteiger partial charge < -0.3 is 14.1 Å². The van der Waals surface area contributed by atoms with Gasteiger partial charge in [-0.2, -0.15) is 0 Å². The van der Waals surface area contributed by atoms with Crippen molar-refractivity contribution in [2.45, 2.75) is 36.9 Å². The SMILES string of the molecule is O=S(=O)(NCc1ccco1)c1cc(CO)n(C2CC2)c1. The molecule has 0 unspecified atom stereocenters. The standard InChI is InChI=1S/C13H16N2O4S/c16-9-11-6-13(8-15(11)10-3-4-10)20(17,18)14-7-12-2-1-5-19-12/h1-2,5-6,8,10,14,16H,3-4,7,9H2. The highest BCUT2D eigenvalue weighted by Crippen LogP contribution is 2.37. The van der Waals surface area contributed by atoms with Gasteiger partial charge in [-0.15, -0.1) is 0 Å². The van der Waals surface area contributed by atoms with Gasteiger partial charge >= 0.3 is 0 Å². The molecule has 0 aliphatic heterocycles. The first-order chi connectivity index (χ1) is 9.60. The molecule has 0 spiro atoms. The minimum atomic E-state index is -3.60. The second-order valence-corrected chi connectivity index (χ2v) is 6.63. The van der Waals surface area contributed by atoms with Crippen molar-refractivity contribution in [1.29, 1.82) is 0 Å². The van der Waals surface area contributed by atoms with E-state index in [1.165, 1.54) is 12.3 Å². The number of aliphatic hydroxyl groups excluding tert-OH is 1. The van der Waals surface area contributed by atoms with Crippen LogP contribution in [0.15, 0.2) is 40.0 Å². The topological polar surface area (TPSA) is 84.5 Å². The van der Waals surface area contributed by atoms with E-state index in [9.17, 15) is 13.5 Å². The van der Waals surface area contributed by atoms with Crippen LogP contribution < -0.4 is 4.72 Å². The highest BCUT2D eigenvalue weighted by molar-refractivity contribution is 7.89. The second kappa shape index (κ2) is 5.08. The van der Waals surface area contributed by atoms with Crippen LogP contribution in [0.1, 0.15) is 30.3 Å². The number of aromatic nitrogens is 1. The van der Waals surface area contributed by atoms with E-state index in [-0.39, 0.29) is 18.0 Å². The normalized spacial score (nSPS) is 15.7. The summed E-state index contributed by atoms with van der Waals surface area (Å²) in [6, 6.07) is 5.25. The molecule has 2 heterocycles. The zero-order valence-electron chi connectivity index (χ0n) is 10.8. The maximum atomic E-state index is 12.2. The molecule has 1 aliphatic rings. The summed E-state index contributed by atoms with van der Waals surface area (Å²) in [5.41, 5.74) is 0.630. The third kappa shape index (κ3) is 2.65. The van der Waals surface area contributed by atoms with Gasteiger partial charge in [0.15, 0.2) is 0 Å². The average Bonchev–Trinajstić information content (AvgIpc) is 2.98. The molecule has 0 amide bonds. The molecule has 108 valence electrons. The third-order valence-electron chi connectivity index (χ3n) is 3.34. The number of sulfonamides is 1. The van der Waals surface area contributed by atoms with Gasteiger partial charge in [-0.05, 0) is 31.0 Å². The summed E-state index contributed by atoms with van der Waals surface area (Å²) in [5.74, 6) is 0.553. The minimum absolute atomic E-state index is 0.110. The van der Waals surface area contributed by atoms with Crippen LogP contribution in [0.5, 0.6) is 0 Å². The van der Waals surface area contributed by atoms with Gasteiger partial charge in [-0.25, -0.2) is 13.1 Å². The van der Waals surface area contributed by atoms with Crippen molar-refractivity contribution in [1.82, 2.24) is 9.29 Å². The molecule has 6 nitrogen and oxygen atoms in total. The molecule has 0 aromatic carbocycles. The van der Waals surface area contributed by atoms with Crippen LogP contribution in [0.2, 0.25) is 0 Å². The van der Waals surface area contributed by atoms with E-state index < -0.39 is 10.0 Å². The lowest BCUT2D eigenvalue weighted by molar-refractivity contribution is 0.270. The molecule has 0 atom stereocenters. The fraction of sp³-hybridized carbons (Fsp3) is 0.385. The van der Waals surface area contributed by atoms with Gasteiger partial charge in [0.2, 0.25) is 10.0 Å². The van der Waals surface area contributed by atoms with Gasteiger partial charge in [0.25, 0.3) is 0 Å². The lowest BCUT2D eigenvalue weighted by atomic mass is 10.4.